The lowest BCUT2D eigenvalue weighted by Gasteiger charge is -2.33. The van der Waals surface area contributed by atoms with Gasteiger partial charge in [0.1, 0.15) is 18.5 Å². The highest BCUT2D eigenvalue weighted by molar-refractivity contribution is 6.31. The molecule has 2 aromatic carbocycles. The van der Waals surface area contributed by atoms with Crippen molar-refractivity contribution in [3.8, 4) is 5.75 Å². The second kappa shape index (κ2) is 11.9. The number of aliphatic hydroxyl groups excluding tert-OH is 1. The van der Waals surface area contributed by atoms with E-state index >= 15 is 0 Å². The van der Waals surface area contributed by atoms with Gasteiger partial charge in [-0.2, -0.15) is 13.2 Å². The van der Waals surface area contributed by atoms with Gasteiger partial charge in [-0.25, -0.2) is 0 Å². The molecule has 10 heteroatoms. The Bertz CT molecular complexity index is 965. The minimum atomic E-state index is -4.48. The summed E-state index contributed by atoms with van der Waals surface area (Å²) in [5.41, 5.74) is 0.300. The standard InChI is InChI=1S/C24H28ClF3N2O4/c25-21-6-5-16(11-20(21)24(26,27)28)14-30-9-7-18(8-10-30)29-13-19(31)15-34-22-4-2-1-3-17(22)12-23(32)33/h1-6,11,18-19,29,31H,7-10,12-15H2,(H,32,33)/t19-/m1/s1. The monoisotopic (exact) mass is 500 g/mol. The Morgan fingerprint density at radius 1 is 1.21 bits per heavy atom. The first kappa shape index (κ1) is 26.3. The van der Waals surface area contributed by atoms with E-state index in [-0.39, 0.29) is 24.1 Å². The first-order valence-corrected chi connectivity index (χ1v) is 11.4. The van der Waals surface area contributed by atoms with E-state index in [2.05, 4.69) is 10.2 Å². The third kappa shape index (κ3) is 7.87. The lowest BCUT2D eigenvalue weighted by molar-refractivity contribution is -0.138. The smallest absolute Gasteiger partial charge is 0.417 e. The molecule has 3 N–H and O–H groups in total. The summed E-state index contributed by atoms with van der Waals surface area (Å²) in [5.74, 6) is -0.519. The second-order valence-corrected chi connectivity index (χ2v) is 8.82. The first-order chi connectivity index (χ1) is 16.1. The zero-order chi connectivity index (χ0) is 24.7. The number of halogens is 4. The highest BCUT2D eigenvalue weighted by Crippen LogP contribution is 2.35. The van der Waals surface area contributed by atoms with Crippen molar-refractivity contribution in [2.45, 2.75) is 44.1 Å². The van der Waals surface area contributed by atoms with Crippen molar-refractivity contribution in [1.29, 1.82) is 0 Å². The van der Waals surface area contributed by atoms with E-state index in [0.717, 1.165) is 32.0 Å². The number of alkyl halides is 3. The Hall–Kier alpha value is -2.33. The minimum absolute atomic E-state index is 0.0284. The van der Waals surface area contributed by atoms with Crippen molar-refractivity contribution in [3.05, 3.63) is 64.2 Å². The number of piperidine rings is 1. The maximum Gasteiger partial charge on any atom is 0.417 e. The fraction of sp³-hybridized carbons (Fsp3) is 0.458. The maximum absolute atomic E-state index is 13.1. The molecule has 1 heterocycles. The van der Waals surface area contributed by atoms with Crippen LogP contribution in [0.2, 0.25) is 5.02 Å². The summed E-state index contributed by atoms with van der Waals surface area (Å²) in [5, 5.41) is 22.3. The van der Waals surface area contributed by atoms with Crippen molar-refractivity contribution in [2.75, 3.05) is 26.2 Å². The largest absolute Gasteiger partial charge is 0.491 e. The molecule has 1 atom stereocenters. The SMILES string of the molecule is O=C(O)Cc1ccccc1OC[C@H](O)CNC1CCN(Cc2ccc(Cl)c(C(F)(F)F)c2)CC1. The molecule has 0 aromatic heterocycles. The zero-order valence-corrected chi connectivity index (χ0v) is 19.3. The van der Waals surface area contributed by atoms with Crippen molar-refractivity contribution in [1.82, 2.24) is 10.2 Å². The van der Waals surface area contributed by atoms with Crippen LogP contribution in [0.5, 0.6) is 5.75 Å². The molecular formula is C24H28ClF3N2O4. The Morgan fingerprint density at radius 2 is 1.91 bits per heavy atom. The van der Waals surface area contributed by atoms with E-state index in [1.54, 1.807) is 30.3 Å². The van der Waals surface area contributed by atoms with Crippen LogP contribution in [0.1, 0.15) is 29.5 Å². The number of likely N-dealkylation sites (tertiary alicyclic amines) is 1. The number of carbonyl (C=O) groups is 1. The summed E-state index contributed by atoms with van der Waals surface area (Å²) in [6.45, 7) is 2.20. The number of ether oxygens (including phenoxy) is 1. The van der Waals surface area contributed by atoms with Gasteiger partial charge in [0.25, 0.3) is 0 Å². The minimum Gasteiger partial charge on any atom is -0.491 e. The number of nitrogens with one attached hydrogen (secondary N) is 1. The van der Waals surface area contributed by atoms with Gasteiger partial charge < -0.3 is 20.3 Å². The zero-order valence-electron chi connectivity index (χ0n) is 18.5. The number of para-hydroxylation sites is 1. The van der Waals surface area contributed by atoms with Crippen LogP contribution in [0.4, 0.5) is 13.2 Å². The van der Waals surface area contributed by atoms with E-state index in [0.29, 0.717) is 30.0 Å². The molecule has 0 spiro atoms. The number of nitrogens with zero attached hydrogens (tertiary/aromatic N) is 1. The molecule has 0 amide bonds. The highest BCUT2D eigenvalue weighted by atomic mass is 35.5. The molecule has 186 valence electrons. The first-order valence-electron chi connectivity index (χ1n) is 11.0. The summed E-state index contributed by atoms with van der Waals surface area (Å²) in [6, 6.07) is 11.0. The second-order valence-electron chi connectivity index (χ2n) is 8.41. The summed E-state index contributed by atoms with van der Waals surface area (Å²) in [6.07, 6.45) is -3.81. The molecule has 0 radical (unpaired) electrons. The van der Waals surface area contributed by atoms with Gasteiger partial charge in [0.05, 0.1) is 17.0 Å². The highest BCUT2D eigenvalue weighted by Gasteiger charge is 2.33. The average molecular weight is 501 g/mol. The number of rotatable bonds is 10. The van der Waals surface area contributed by atoms with Gasteiger partial charge in [0.2, 0.25) is 0 Å². The molecule has 1 fully saturated rings. The molecule has 1 aliphatic heterocycles. The predicted octanol–water partition coefficient (Wildman–Crippen LogP) is 3.98. The van der Waals surface area contributed by atoms with Gasteiger partial charge >= 0.3 is 12.1 Å². The van der Waals surface area contributed by atoms with Crippen LogP contribution in [-0.2, 0) is 23.9 Å². The van der Waals surface area contributed by atoms with Crippen LogP contribution in [0.25, 0.3) is 0 Å². The third-order valence-electron chi connectivity index (χ3n) is 5.72. The van der Waals surface area contributed by atoms with Gasteiger partial charge in [-0.1, -0.05) is 35.9 Å². The number of benzene rings is 2. The van der Waals surface area contributed by atoms with E-state index in [1.165, 1.54) is 6.07 Å². The number of hydrogen-bond donors (Lipinski definition) is 3. The quantitative estimate of drug-likeness (QED) is 0.458. The average Bonchev–Trinajstić information content (AvgIpc) is 2.78. The van der Waals surface area contributed by atoms with Crippen molar-refractivity contribution in [3.63, 3.8) is 0 Å². The Labute approximate surface area is 201 Å². The van der Waals surface area contributed by atoms with Crippen LogP contribution in [0, 0.1) is 0 Å². The maximum atomic E-state index is 13.1. The number of carboxylic acid groups (broad SMARTS) is 1. The summed E-state index contributed by atoms with van der Waals surface area (Å²) in [4.78, 5) is 13.1. The van der Waals surface area contributed by atoms with Crippen molar-refractivity contribution >= 4 is 17.6 Å². The number of aliphatic hydroxyl groups is 1. The molecule has 6 nitrogen and oxygen atoms in total. The Balaban J connectivity index is 1.40. The Morgan fingerprint density at radius 3 is 2.59 bits per heavy atom. The van der Waals surface area contributed by atoms with E-state index in [4.69, 9.17) is 21.4 Å². The van der Waals surface area contributed by atoms with Crippen molar-refractivity contribution in [2.24, 2.45) is 0 Å². The molecule has 1 saturated heterocycles. The van der Waals surface area contributed by atoms with Gasteiger partial charge in [-0.15, -0.1) is 0 Å². The van der Waals surface area contributed by atoms with Crippen LogP contribution in [0.3, 0.4) is 0 Å². The molecular weight excluding hydrogens is 473 g/mol. The molecule has 0 bridgehead atoms. The van der Waals surface area contributed by atoms with Crippen molar-refractivity contribution < 1.29 is 32.9 Å². The normalized spacial score (nSPS) is 16.4. The van der Waals surface area contributed by atoms with E-state index in [9.17, 15) is 23.1 Å². The van der Waals surface area contributed by atoms with E-state index in [1.807, 2.05) is 0 Å². The van der Waals surface area contributed by atoms with Gasteiger partial charge in [-0.05, 0) is 49.7 Å². The Kier molecular flexibility index (Phi) is 9.18. The predicted molar refractivity (Wildman–Crippen MR) is 122 cm³/mol. The van der Waals surface area contributed by atoms with Crippen LogP contribution in [-0.4, -0.2) is 59.5 Å². The lowest BCUT2D eigenvalue weighted by atomic mass is 10.0. The molecule has 3 rings (SSSR count). The summed E-state index contributed by atoms with van der Waals surface area (Å²) in [7, 11) is 0. The lowest BCUT2D eigenvalue weighted by Crippen LogP contribution is -2.45. The van der Waals surface area contributed by atoms with E-state index < -0.39 is 23.8 Å². The molecule has 34 heavy (non-hydrogen) atoms. The van der Waals surface area contributed by atoms with Crippen LogP contribution < -0.4 is 10.1 Å². The van der Waals surface area contributed by atoms with Crippen LogP contribution >= 0.6 is 11.6 Å². The number of aliphatic carboxylic acids is 1. The molecule has 0 aliphatic carbocycles. The topological polar surface area (TPSA) is 82.0 Å². The van der Waals surface area contributed by atoms with Crippen LogP contribution in [0.15, 0.2) is 42.5 Å². The molecule has 2 aromatic rings. The summed E-state index contributed by atoms with van der Waals surface area (Å²) < 4.78 is 44.8. The number of carboxylic acids is 1. The van der Waals surface area contributed by atoms with Gasteiger partial charge in [0.15, 0.2) is 0 Å². The third-order valence-corrected chi connectivity index (χ3v) is 6.05. The number of hydrogen-bond acceptors (Lipinski definition) is 5. The molecule has 1 aliphatic rings. The molecule has 0 saturated carbocycles. The fourth-order valence-electron chi connectivity index (χ4n) is 3.94. The fourth-order valence-corrected chi connectivity index (χ4v) is 4.17. The summed E-state index contributed by atoms with van der Waals surface area (Å²) >= 11 is 5.69. The van der Waals surface area contributed by atoms with Gasteiger partial charge in [0, 0.05) is 24.7 Å². The van der Waals surface area contributed by atoms with Gasteiger partial charge in [-0.3, -0.25) is 9.69 Å². The molecule has 0 unspecified atom stereocenters.